The van der Waals surface area contributed by atoms with Gasteiger partial charge in [0.15, 0.2) is 0 Å². The van der Waals surface area contributed by atoms with Crippen LogP contribution in [-0.2, 0) is 14.3 Å². The van der Waals surface area contributed by atoms with Crippen LogP contribution >= 0.6 is 0 Å². The second-order valence-corrected chi connectivity index (χ2v) is 17.2. The molecule has 0 fully saturated rings. The third-order valence-electron chi connectivity index (χ3n) is 11.3. The lowest BCUT2D eigenvalue weighted by molar-refractivity contribution is -0.150. The number of allylic oxidation sites excluding steroid dienone is 12. The second-order valence-electron chi connectivity index (χ2n) is 17.2. The SMILES string of the molecule is CC/C=C\C/C=C\C/C=C\C/C=C\C/C=C\C/C=C\CCC(=O)OC(CCCCCCCCCCCCCC)CC(=O)NC(CO)C(O)CCCCCCCCCCCCC. The molecule has 0 aromatic carbocycles. The Bertz CT molecular complexity index is 1140. The summed E-state index contributed by atoms with van der Waals surface area (Å²) in [5.74, 6) is -0.572. The molecule has 3 N–H and O–H groups in total. The Morgan fingerprint density at radius 2 is 0.852 bits per heavy atom. The van der Waals surface area contributed by atoms with E-state index in [-0.39, 0.29) is 31.3 Å². The molecule has 6 heteroatoms. The molecule has 0 aliphatic rings. The summed E-state index contributed by atoms with van der Waals surface area (Å²) in [4.78, 5) is 26.1. The summed E-state index contributed by atoms with van der Waals surface area (Å²) < 4.78 is 5.89. The summed E-state index contributed by atoms with van der Waals surface area (Å²) in [6.45, 7) is 6.34. The van der Waals surface area contributed by atoms with Gasteiger partial charge in [-0.05, 0) is 64.2 Å². The highest BCUT2D eigenvalue weighted by Gasteiger charge is 2.24. The van der Waals surface area contributed by atoms with Gasteiger partial charge in [-0.2, -0.15) is 0 Å². The highest BCUT2D eigenvalue weighted by Crippen LogP contribution is 2.17. The van der Waals surface area contributed by atoms with Crippen molar-refractivity contribution in [2.75, 3.05) is 6.61 Å². The number of nitrogens with one attached hydrogen (secondary N) is 1. The van der Waals surface area contributed by atoms with E-state index in [1.165, 1.54) is 109 Å². The van der Waals surface area contributed by atoms with E-state index < -0.39 is 18.2 Å². The first kappa shape index (κ1) is 58.3. The number of carbonyl (C=O) groups is 2. The summed E-state index contributed by atoms with van der Waals surface area (Å²) in [7, 11) is 0. The van der Waals surface area contributed by atoms with Gasteiger partial charge >= 0.3 is 5.97 Å². The van der Waals surface area contributed by atoms with Crippen LogP contribution in [0.25, 0.3) is 0 Å². The molecule has 0 bridgehead atoms. The fourth-order valence-corrected chi connectivity index (χ4v) is 7.46. The summed E-state index contributed by atoms with van der Waals surface area (Å²) in [6.07, 6.45) is 61.1. The molecule has 61 heavy (non-hydrogen) atoms. The molecule has 0 spiro atoms. The number of aliphatic hydroxyl groups is 2. The van der Waals surface area contributed by atoms with Crippen molar-refractivity contribution in [3.8, 4) is 0 Å². The van der Waals surface area contributed by atoms with E-state index in [1.807, 2.05) is 6.08 Å². The smallest absolute Gasteiger partial charge is 0.306 e. The molecule has 0 rings (SSSR count). The van der Waals surface area contributed by atoms with Gasteiger partial charge in [-0.15, -0.1) is 0 Å². The molecule has 6 nitrogen and oxygen atoms in total. The molecular formula is C55H97NO5. The van der Waals surface area contributed by atoms with Gasteiger partial charge in [0.1, 0.15) is 6.10 Å². The van der Waals surface area contributed by atoms with Crippen molar-refractivity contribution in [2.45, 2.75) is 257 Å². The Labute approximate surface area is 377 Å². The highest BCUT2D eigenvalue weighted by atomic mass is 16.5. The van der Waals surface area contributed by atoms with Gasteiger partial charge in [-0.25, -0.2) is 0 Å². The summed E-state index contributed by atoms with van der Waals surface area (Å²) in [5.41, 5.74) is 0. The molecular weight excluding hydrogens is 755 g/mol. The number of amides is 1. The van der Waals surface area contributed by atoms with Crippen LogP contribution in [0.4, 0.5) is 0 Å². The van der Waals surface area contributed by atoms with Crippen LogP contribution in [0.15, 0.2) is 72.9 Å². The van der Waals surface area contributed by atoms with E-state index in [0.29, 0.717) is 19.3 Å². The van der Waals surface area contributed by atoms with E-state index in [1.54, 1.807) is 0 Å². The van der Waals surface area contributed by atoms with Crippen molar-refractivity contribution in [1.29, 1.82) is 0 Å². The third kappa shape index (κ3) is 43.7. The Hall–Kier alpha value is -2.70. The first-order chi connectivity index (χ1) is 30.0. The van der Waals surface area contributed by atoms with Crippen molar-refractivity contribution in [3.05, 3.63) is 72.9 Å². The lowest BCUT2D eigenvalue weighted by Gasteiger charge is -2.24. The molecule has 3 atom stereocenters. The van der Waals surface area contributed by atoms with Crippen molar-refractivity contribution in [3.63, 3.8) is 0 Å². The molecule has 0 aromatic heterocycles. The molecule has 0 heterocycles. The van der Waals surface area contributed by atoms with Crippen LogP contribution in [0.1, 0.15) is 239 Å². The molecule has 352 valence electrons. The maximum absolute atomic E-state index is 13.2. The van der Waals surface area contributed by atoms with Gasteiger partial charge in [-0.1, -0.05) is 235 Å². The summed E-state index contributed by atoms with van der Waals surface area (Å²) >= 11 is 0. The minimum Gasteiger partial charge on any atom is -0.462 e. The Morgan fingerprint density at radius 3 is 1.25 bits per heavy atom. The quantitative estimate of drug-likeness (QED) is 0.0322. The first-order valence-electron chi connectivity index (χ1n) is 25.7. The maximum atomic E-state index is 13.2. The summed E-state index contributed by atoms with van der Waals surface area (Å²) in [5, 5.41) is 23.7. The van der Waals surface area contributed by atoms with Gasteiger partial charge in [0.25, 0.3) is 0 Å². The van der Waals surface area contributed by atoms with Crippen LogP contribution in [0.2, 0.25) is 0 Å². The molecule has 0 aliphatic heterocycles. The zero-order valence-electron chi connectivity index (χ0n) is 40.0. The van der Waals surface area contributed by atoms with E-state index in [4.69, 9.17) is 4.74 Å². The number of hydrogen-bond acceptors (Lipinski definition) is 5. The van der Waals surface area contributed by atoms with Crippen LogP contribution in [-0.4, -0.2) is 46.9 Å². The van der Waals surface area contributed by atoms with E-state index in [2.05, 4.69) is 92.9 Å². The van der Waals surface area contributed by atoms with Crippen molar-refractivity contribution in [1.82, 2.24) is 5.32 Å². The average Bonchev–Trinajstić information content (AvgIpc) is 3.25. The third-order valence-corrected chi connectivity index (χ3v) is 11.3. The number of aliphatic hydroxyl groups excluding tert-OH is 2. The number of hydrogen-bond donors (Lipinski definition) is 3. The van der Waals surface area contributed by atoms with Gasteiger partial charge in [0, 0.05) is 6.42 Å². The monoisotopic (exact) mass is 852 g/mol. The first-order valence-corrected chi connectivity index (χ1v) is 25.7. The maximum Gasteiger partial charge on any atom is 0.306 e. The Balaban J connectivity index is 4.67. The number of rotatable bonds is 45. The number of esters is 1. The van der Waals surface area contributed by atoms with E-state index in [9.17, 15) is 19.8 Å². The topological polar surface area (TPSA) is 95.9 Å². The lowest BCUT2D eigenvalue weighted by Crippen LogP contribution is -2.46. The predicted octanol–water partition coefficient (Wildman–Crippen LogP) is 15.4. The van der Waals surface area contributed by atoms with E-state index >= 15 is 0 Å². The fourth-order valence-electron chi connectivity index (χ4n) is 7.46. The van der Waals surface area contributed by atoms with Crippen molar-refractivity contribution >= 4 is 11.9 Å². The zero-order valence-corrected chi connectivity index (χ0v) is 40.0. The van der Waals surface area contributed by atoms with Gasteiger partial charge < -0.3 is 20.3 Å². The minimum atomic E-state index is -0.800. The van der Waals surface area contributed by atoms with Gasteiger partial charge in [0.05, 0.1) is 25.2 Å². The number of ether oxygens (including phenoxy) is 1. The van der Waals surface area contributed by atoms with Crippen molar-refractivity contribution in [2.24, 2.45) is 0 Å². The Morgan fingerprint density at radius 1 is 0.492 bits per heavy atom. The standard InChI is InChI=1S/C55H97NO5/c1-4-7-10-13-16-19-22-24-25-26-27-28-29-30-33-36-39-42-45-48-55(60)61-51(46-43-40-37-34-32-23-20-17-14-11-8-5-2)49-54(59)56-52(50-57)53(58)47-44-41-38-35-31-21-18-15-12-9-6-3/h7,10,16,19,24-25,27-28,30,33,39,42,51-53,57-58H,4-6,8-9,11-15,17-18,20-23,26,29,31-32,34-38,40-41,43-50H2,1-3H3,(H,56,59)/b10-7-,19-16-,25-24-,28-27-,33-30-,42-39-. The normalized spacial score (nSPS) is 13.9. The molecule has 1 amide bonds. The van der Waals surface area contributed by atoms with Crippen molar-refractivity contribution < 1.29 is 24.5 Å². The summed E-state index contributed by atoms with van der Waals surface area (Å²) in [6, 6.07) is -0.716. The second kappa shape index (κ2) is 48.3. The van der Waals surface area contributed by atoms with Crippen LogP contribution in [0.5, 0.6) is 0 Å². The molecule has 0 aliphatic carbocycles. The number of carbonyl (C=O) groups excluding carboxylic acids is 2. The largest absolute Gasteiger partial charge is 0.462 e. The zero-order chi connectivity index (χ0) is 44.5. The van der Waals surface area contributed by atoms with Crippen LogP contribution in [0, 0.1) is 0 Å². The van der Waals surface area contributed by atoms with Gasteiger partial charge in [-0.3, -0.25) is 9.59 Å². The van der Waals surface area contributed by atoms with E-state index in [0.717, 1.165) is 77.0 Å². The van der Waals surface area contributed by atoms with Crippen LogP contribution < -0.4 is 5.32 Å². The predicted molar refractivity (Wildman–Crippen MR) is 264 cm³/mol. The van der Waals surface area contributed by atoms with Gasteiger partial charge in [0.2, 0.25) is 5.91 Å². The fraction of sp³-hybridized carbons (Fsp3) is 0.745. The molecule has 0 radical (unpaired) electrons. The highest BCUT2D eigenvalue weighted by molar-refractivity contribution is 5.77. The molecule has 3 unspecified atom stereocenters. The Kier molecular flexibility index (Phi) is 46.2. The minimum absolute atomic E-state index is 0.0470. The lowest BCUT2D eigenvalue weighted by atomic mass is 10.0. The van der Waals surface area contributed by atoms with Crippen LogP contribution in [0.3, 0.4) is 0 Å². The number of unbranched alkanes of at least 4 members (excludes halogenated alkanes) is 21. The molecule has 0 saturated carbocycles. The molecule has 0 aromatic rings. The molecule has 0 saturated heterocycles. The average molecular weight is 852 g/mol.